The number of nitrogens with zero attached hydrogens (tertiary/aromatic N) is 2. The van der Waals surface area contributed by atoms with E-state index in [1.54, 1.807) is 42.5 Å². The zero-order valence-electron chi connectivity index (χ0n) is 18.3. The largest absolute Gasteiger partial charge is 0.342 e. The predicted molar refractivity (Wildman–Crippen MR) is 137 cm³/mol. The van der Waals surface area contributed by atoms with Crippen LogP contribution in [0.15, 0.2) is 77.8 Å². The molecule has 0 unspecified atom stereocenters. The molecule has 34 heavy (non-hydrogen) atoms. The van der Waals surface area contributed by atoms with Crippen molar-refractivity contribution in [3.05, 3.63) is 105 Å². The van der Waals surface area contributed by atoms with Crippen molar-refractivity contribution in [2.24, 2.45) is 0 Å². The van der Waals surface area contributed by atoms with Gasteiger partial charge < -0.3 is 4.57 Å². The monoisotopic (exact) mass is 490 g/mol. The number of amides is 2. The fourth-order valence-electron chi connectivity index (χ4n) is 4.23. The first-order chi connectivity index (χ1) is 16.5. The number of anilines is 1. The number of benzene rings is 3. The molecular weight excluding hydrogens is 471 g/mol. The van der Waals surface area contributed by atoms with Gasteiger partial charge in [-0.1, -0.05) is 61.0 Å². The molecule has 4 aromatic rings. The van der Waals surface area contributed by atoms with Gasteiger partial charge in [-0.3, -0.25) is 9.59 Å². The lowest BCUT2D eigenvalue weighted by molar-refractivity contribution is -0.113. The minimum Gasteiger partial charge on any atom is -0.342 e. The van der Waals surface area contributed by atoms with E-state index in [1.165, 1.54) is 17.7 Å². The molecule has 170 valence electrons. The molecule has 3 aromatic carbocycles. The van der Waals surface area contributed by atoms with E-state index in [1.807, 2.05) is 18.3 Å². The Labute approximate surface area is 205 Å². The number of fused-ring (bicyclic) bond motifs is 1. The highest BCUT2D eigenvalue weighted by atomic mass is 35.5. The molecule has 0 aliphatic carbocycles. The summed E-state index contributed by atoms with van der Waals surface area (Å²) >= 11 is 7.15. The Hall–Kier alpha value is -3.35. The summed E-state index contributed by atoms with van der Waals surface area (Å²) in [5.41, 5.74) is 4.42. The quantitative estimate of drug-likeness (QED) is 0.276. The molecule has 0 spiro atoms. The van der Waals surface area contributed by atoms with Crippen molar-refractivity contribution in [3.8, 4) is 0 Å². The predicted octanol–water partition coefficient (Wildman–Crippen LogP) is 7.29. The van der Waals surface area contributed by atoms with Crippen LogP contribution in [0.3, 0.4) is 0 Å². The average molecular weight is 491 g/mol. The molecule has 2 amide bonds. The van der Waals surface area contributed by atoms with Crippen LogP contribution in [-0.4, -0.2) is 15.7 Å². The Kier molecular flexibility index (Phi) is 6.02. The van der Waals surface area contributed by atoms with Crippen LogP contribution in [0.1, 0.15) is 23.6 Å². The molecule has 1 fully saturated rings. The molecule has 1 aromatic heterocycles. The van der Waals surface area contributed by atoms with Crippen molar-refractivity contribution in [2.45, 2.75) is 19.9 Å². The number of hydrogen-bond acceptors (Lipinski definition) is 3. The van der Waals surface area contributed by atoms with Crippen molar-refractivity contribution in [1.29, 1.82) is 0 Å². The number of para-hydroxylation sites is 2. The third-order valence-electron chi connectivity index (χ3n) is 5.83. The normalized spacial score (nSPS) is 15.1. The second-order valence-corrected chi connectivity index (χ2v) is 9.37. The molecule has 0 radical (unpaired) electrons. The summed E-state index contributed by atoms with van der Waals surface area (Å²) < 4.78 is 15.5. The Bertz CT molecular complexity index is 1460. The van der Waals surface area contributed by atoms with Crippen LogP contribution in [-0.2, 0) is 17.8 Å². The fraction of sp³-hybridized carbons (Fsp3) is 0.111. The molecule has 4 nitrogen and oxygen atoms in total. The molecule has 0 saturated carbocycles. The van der Waals surface area contributed by atoms with Gasteiger partial charge in [0.2, 0.25) is 0 Å². The topological polar surface area (TPSA) is 42.3 Å². The van der Waals surface area contributed by atoms with E-state index in [9.17, 15) is 14.0 Å². The molecule has 0 atom stereocenters. The van der Waals surface area contributed by atoms with Crippen LogP contribution in [0.5, 0.6) is 0 Å². The highest BCUT2D eigenvalue weighted by Gasteiger charge is 2.37. The smallest absolute Gasteiger partial charge is 0.298 e. The second-order valence-electron chi connectivity index (χ2n) is 7.97. The molecule has 2 heterocycles. The van der Waals surface area contributed by atoms with Crippen LogP contribution in [0, 0.1) is 5.82 Å². The lowest BCUT2D eigenvalue weighted by Gasteiger charge is -2.13. The third-order valence-corrected chi connectivity index (χ3v) is 7.02. The lowest BCUT2D eigenvalue weighted by Crippen LogP contribution is -2.27. The molecular formula is C27H20ClFN2O2S. The van der Waals surface area contributed by atoms with Crippen molar-refractivity contribution >= 4 is 57.2 Å². The Morgan fingerprint density at radius 1 is 1.00 bits per heavy atom. The zero-order valence-corrected chi connectivity index (χ0v) is 19.9. The first-order valence-electron chi connectivity index (χ1n) is 10.8. The summed E-state index contributed by atoms with van der Waals surface area (Å²) in [7, 11) is 0. The Morgan fingerprint density at radius 2 is 1.76 bits per heavy atom. The summed E-state index contributed by atoms with van der Waals surface area (Å²) in [5.74, 6) is -0.667. The van der Waals surface area contributed by atoms with Crippen molar-refractivity contribution in [2.75, 3.05) is 4.90 Å². The van der Waals surface area contributed by atoms with Crippen LogP contribution in [0.4, 0.5) is 14.9 Å². The molecule has 0 bridgehead atoms. The maximum atomic E-state index is 13.4. The van der Waals surface area contributed by atoms with E-state index < -0.39 is 5.91 Å². The highest BCUT2D eigenvalue weighted by Crippen LogP contribution is 2.39. The molecule has 1 aliphatic heterocycles. The van der Waals surface area contributed by atoms with Gasteiger partial charge >= 0.3 is 0 Å². The minimum absolute atomic E-state index is 0.273. The molecule has 0 N–H and O–H groups in total. The van der Waals surface area contributed by atoms with Gasteiger partial charge in [0.25, 0.3) is 11.1 Å². The molecule has 1 saturated heterocycles. The Balaban J connectivity index is 1.58. The first kappa shape index (κ1) is 22.4. The highest BCUT2D eigenvalue weighted by molar-refractivity contribution is 8.19. The van der Waals surface area contributed by atoms with Gasteiger partial charge in [-0.2, -0.15) is 0 Å². The van der Waals surface area contributed by atoms with E-state index in [4.69, 9.17) is 11.6 Å². The van der Waals surface area contributed by atoms with Gasteiger partial charge in [-0.25, -0.2) is 9.29 Å². The number of hydrogen-bond donors (Lipinski definition) is 0. The number of aromatic nitrogens is 1. The maximum absolute atomic E-state index is 13.4. The zero-order chi connectivity index (χ0) is 23.8. The Morgan fingerprint density at radius 3 is 2.50 bits per heavy atom. The van der Waals surface area contributed by atoms with Crippen LogP contribution < -0.4 is 4.90 Å². The first-order valence-corrected chi connectivity index (χ1v) is 12.0. The van der Waals surface area contributed by atoms with Gasteiger partial charge in [-0.15, -0.1) is 0 Å². The summed E-state index contributed by atoms with van der Waals surface area (Å²) in [5, 5.41) is 0.953. The van der Waals surface area contributed by atoms with Gasteiger partial charge in [0.05, 0.1) is 21.1 Å². The van der Waals surface area contributed by atoms with Gasteiger partial charge in [0.15, 0.2) is 0 Å². The maximum Gasteiger partial charge on any atom is 0.298 e. The van der Waals surface area contributed by atoms with Crippen molar-refractivity contribution in [3.63, 3.8) is 0 Å². The number of rotatable bonds is 5. The van der Waals surface area contributed by atoms with E-state index in [2.05, 4.69) is 17.6 Å². The van der Waals surface area contributed by atoms with E-state index in [-0.39, 0.29) is 11.1 Å². The van der Waals surface area contributed by atoms with E-state index >= 15 is 0 Å². The summed E-state index contributed by atoms with van der Waals surface area (Å²) in [4.78, 5) is 27.3. The summed E-state index contributed by atoms with van der Waals surface area (Å²) in [6.45, 7) is 2.65. The summed E-state index contributed by atoms with van der Waals surface area (Å²) in [6.07, 6.45) is 4.59. The van der Waals surface area contributed by atoms with Crippen LogP contribution in [0.2, 0.25) is 5.02 Å². The van der Waals surface area contributed by atoms with E-state index in [0.717, 1.165) is 45.1 Å². The molecule has 7 heteroatoms. The SMILES string of the molecule is CCc1cccc2c(/C=C3\SC(=O)N(c4ccccc4Cl)C3=O)cn(Cc3ccc(F)cc3)c12. The molecule has 5 rings (SSSR count). The minimum atomic E-state index is -0.394. The number of carbonyl (C=O) groups is 2. The number of thioether (sulfide) groups is 1. The lowest BCUT2D eigenvalue weighted by atomic mass is 10.1. The second kappa shape index (κ2) is 9.12. The van der Waals surface area contributed by atoms with Crippen LogP contribution >= 0.6 is 23.4 Å². The average Bonchev–Trinajstić information content (AvgIpc) is 3.32. The van der Waals surface area contributed by atoms with Gasteiger partial charge in [0.1, 0.15) is 5.82 Å². The van der Waals surface area contributed by atoms with E-state index in [0.29, 0.717) is 22.2 Å². The van der Waals surface area contributed by atoms with Gasteiger partial charge in [-0.05, 0) is 59.7 Å². The number of aryl methyl sites for hydroxylation is 1. The number of halogens is 2. The van der Waals surface area contributed by atoms with Crippen molar-refractivity contribution in [1.82, 2.24) is 4.57 Å². The number of imide groups is 1. The van der Waals surface area contributed by atoms with Gasteiger partial charge in [0, 0.05) is 23.7 Å². The fourth-order valence-corrected chi connectivity index (χ4v) is 5.27. The molecule has 1 aliphatic rings. The third kappa shape index (κ3) is 4.04. The number of carbonyl (C=O) groups excluding carboxylic acids is 2. The van der Waals surface area contributed by atoms with Crippen molar-refractivity contribution < 1.29 is 14.0 Å². The standard InChI is InChI=1S/C27H20ClFN2O2S/c1-2-18-6-5-7-21-19(16-30(25(18)21)15-17-10-12-20(29)13-11-17)14-24-26(32)31(27(33)34-24)23-9-4-3-8-22(23)28/h3-14,16H,2,15H2,1H3/b24-14-. The van der Waals surface area contributed by atoms with Crippen LogP contribution in [0.25, 0.3) is 17.0 Å². The summed E-state index contributed by atoms with van der Waals surface area (Å²) in [6, 6.07) is 19.3.